The monoisotopic (exact) mass is 232 g/mol. The van der Waals surface area contributed by atoms with Gasteiger partial charge in [0.15, 0.2) is 5.69 Å². The summed E-state index contributed by atoms with van der Waals surface area (Å²) in [7, 11) is 0. The average molecular weight is 232 g/mol. The Morgan fingerprint density at radius 3 is 3.06 bits per heavy atom. The number of carbonyl (C=O) groups is 1. The molecule has 88 valence electrons. The highest BCUT2D eigenvalue weighted by Gasteiger charge is 2.34. The van der Waals surface area contributed by atoms with Crippen molar-refractivity contribution in [3.05, 3.63) is 36.0 Å². The van der Waals surface area contributed by atoms with Crippen molar-refractivity contribution in [3.63, 3.8) is 0 Å². The zero-order valence-electron chi connectivity index (χ0n) is 9.17. The van der Waals surface area contributed by atoms with Crippen molar-refractivity contribution < 1.29 is 9.21 Å². The molecule has 0 radical (unpaired) electrons. The Hall–Kier alpha value is -2.11. The standard InChI is InChI=1S/C11H12N4O2/c16-11(10-6-12-14-13-10)15(8-3-4-8)7-9-2-1-5-17-9/h1-2,5-6,8H,3-4,7H2,(H,12,13,14). The third-order valence-electron chi connectivity index (χ3n) is 2.79. The quantitative estimate of drug-likeness (QED) is 0.859. The molecule has 6 nitrogen and oxygen atoms in total. The molecule has 0 aliphatic heterocycles. The predicted molar refractivity (Wildman–Crippen MR) is 58.0 cm³/mol. The molecule has 3 rings (SSSR count). The molecule has 1 saturated carbocycles. The van der Waals surface area contributed by atoms with E-state index in [1.54, 1.807) is 11.2 Å². The Labute approximate surface area is 97.6 Å². The van der Waals surface area contributed by atoms with Crippen molar-refractivity contribution in [3.8, 4) is 0 Å². The van der Waals surface area contributed by atoms with Gasteiger partial charge in [0.2, 0.25) is 0 Å². The second-order valence-electron chi connectivity index (χ2n) is 4.10. The van der Waals surface area contributed by atoms with Gasteiger partial charge in [-0.05, 0) is 25.0 Å². The van der Waals surface area contributed by atoms with Crippen LogP contribution in [0.15, 0.2) is 29.0 Å². The minimum atomic E-state index is -0.0994. The zero-order valence-corrected chi connectivity index (χ0v) is 9.17. The second kappa shape index (κ2) is 4.04. The summed E-state index contributed by atoms with van der Waals surface area (Å²) in [6.07, 6.45) is 5.15. The minimum Gasteiger partial charge on any atom is -0.467 e. The number of carbonyl (C=O) groups excluding carboxylic acids is 1. The van der Waals surface area contributed by atoms with E-state index in [0.717, 1.165) is 18.6 Å². The SMILES string of the molecule is O=C(c1cn[nH]n1)N(Cc1ccco1)C1CC1. The summed E-state index contributed by atoms with van der Waals surface area (Å²) >= 11 is 0. The number of aromatic nitrogens is 3. The first-order chi connectivity index (χ1) is 8.34. The first-order valence-electron chi connectivity index (χ1n) is 5.54. The Balaban J connectivity index is 1.78. The first-order valence-corrected chi connectivity index (χ1v) is 5.54. The van der Waals surface area contributed by atoms with Gasteiger partial charge >= 0.3 is 0 Å². The summed E-state index contributed by atoms with van der Waals surface area (Å²) in [4.78, 5) is 14.0. The minimum absolute atomic E-state index is 0.0994. The fourth-order valence-electron chi connectivity index (χ4n) is 1.78. The molecule has 1 N–H and O–H groups in total. The lowest BCUT2D eigenvalue weighted by Crippen LogP contribution is -2.32. The third-order valence-corrected chi connectivity index (χ3v) is 2.79. The normalized spacial score (nSPS) is 14.8. The summed E-state index contributed by atoms with van der Waals surface area (Å²) in [5, 5.41) is 9.93. The molecular weight excluding hydrogens is 220 g/mol. The van der Waals surface area contributed by atoms with Crippen LogP contribution in [-0.4, -0.2) is 32.3 Å². The van der Waals surface area contributed by atoms with Crippen LogP contribution >= 0.6 is 0 Å². The fraction of sp³-hybridized carbons (Fsp3) is 0.364. The fourth-order valence-corrected chi connectivity index (χ4v) is 1.78. The molecule has 0 atom stereocenters. The van der Waals surface area contributed by atoms with E-state index in [2.05, 4.69) is 15.4 Å². The van der Waals surface area contributed by atoms with Gasteiger partial charge in [-0.15, -0.1) is 0 Å². The number of hydrogen-bond donors (Lipinski definition) is 1. The second-order valence-corrected chi connectivity index (χ2v) is 4.10. The number of aromatic amines is 1. The molecule has 2 aromatic heterocycles. The lowest BCUT2D eigenvalue weighted by Gasteiger charge is -2.19. The number of nitrogens with one attached hydrogen (secondary N) is 1. The van der Waals surface area contributed by atoms with E-state index in [9.17, 15) is 4.79 Å². The molecule has 0 saturated heterocycles. The van der Waals surface area contributed by atoms with Crippen molar-refractivity contribution in [2.75, 3.05) is 0 Å². The van der Waals surface area contributed by atoms with Gasteiger partial charge in [-0.3, -0.25) is 4.79 Å². The van der Waals surface area contributed by atoms with Gasteiger partial charge in [0.1, 0.15) is 5.76 Å². The molecule has 0 bridgehead atoms. The number of hydrogen-bond acceptors (Lipinski definition) is 4. The van der Waals surface area contributed by atoms with E-state index in [4.69, 9.17) is 4.42 Å². The van der Waals surface area contributed by atoms with E-state index >= 15 is 0 Å². The Kier molecular flexibility index (Phi) is 2.40. The first kappa shape index (κ1) is 10.1. The van der Waals surface area contributed by atoms with Crippen molar-refractivity contribution in [2.45, 2.75) is 25.4 Å². The summed E-state index contributed by atoms with van der Waals surface area (Å²) in [5.41, 5.74) is 0.350. The van der Waals surface area contributed by atoms with Crippen LogP contribution in [0.2, 0.25) is 0 Å². The van der Waals surface area contributed by atoms with Gasteiger partial charge in [0.05, 0.1) is 19.0 Å². The average Bonchev–Trinajstić information content (AvgIpc) is 2.86. The maximum absolute atomic E-state index is 12.2. The topological polar surface area (TPSA) is 75.0 Å². The van der Waals surface area contributed by atoms with Crippen LogP contribution in [-0.2, 0) is 6.54 Å². The summed E-state index contributed by atoms with van der Waals surface area (Å²) in [5.74, 6) is 0.686. The van der Waals surface area contributed by atoms with Crippen LogP contribution in [0.25, 0.3) is 0 Å². The van der Waals surface area contributed by atoms with E-state index in [-0.39, 0.29) is 5.91 Å². The third kappa shape index (κ3) is 2.06. The van der Waals surface area contributed by atoms with Gasteiger partial charge in [-0.1, -0.05) is 0 Å². The van der Waals surface area contributed by atoms with Crippen LogP contribution in [0, 0.1) is 0 Å². The molecule has 2 heterocycles. The Morgan fingerprint density at radius 2 is 2.47 bits per heavy atom. The van der Waals surface area contributed by atoms with E-state index in [0.29, 0.717) is 18.3 Å². The van der Waals surface area contributed by atoms with Gasteiger partial charge in [0.25, 0.3) is 5.91 Å². The zero-order chi connectivity index (χ0) is 11.7. The van der Waals surface area contributed by atoms with Gasteiger partial charge < -0.3 is 9.32 Å². The highest BCUT2D eigenvalue weighted by molar-refractivity contribution is 5.92. The molecule has 2 aromatic rings. The number of H-pyrrole nitrogens is 1. The van der Waals surface area contributed by atoms with Gasteiger partial charge in [0, 0.05) is 6.04 Å². The molecule has 1 aliphatic carbocycles. The lowest BCUT2D eigenvalue weighted by atomic mass is 10.3. The Morgan fingerprint density at radius 1 is 1.59 bits per heavy atom. The van der Waals surface area contributed by atoms with E-state index < -0.39 is 0 Å². The van der Waals surface area contributed by atoms with Crippen molar-refractivity contribution in [2.24, 2.45) is 0 Å². The van der Waals surface area contributed by atoms with Crippen LogP contribution < -0.4 is 0 Å². The van der Waals surface area contributed by atoms with Gasteiger partial charge in [-0.2, -0.15) is 15.4 Å². The molecule has 0 spiro atoms. The molecule has 1 fully saturated rings. The predicted octanol–water partition coefficient (Wildman–Crippen LogP) is 1.20. The van der Waals surface area contributed by atoms with Crippen LogP contribution in [0.1, 0.15) is 29.1 Å². The van der Waals surface area contributed by atoms with Crippen molar-refractivity contribution in [1.29, 1.82) is 0 Å². The Bertz CT molecular complexity index is 488. The molecule has 0 aromatic carbocycles. The van der Waals surface area contributed by atoms with E-state index in [1.165, 1.54) is 6.20 Å². The highest BCUT2D eigenvalue weighted by Crippen LogP contribution is 2.29. The van der Waals surface area contributed by atoms with Crippen LogP contribution in [0.5, 0.6) is 0 Å². The van der Waals surface area contributed by atoms with E-state index in [1.807, 2.05) is 12.1 Å². The lowest BCUT2D eigenvalue weighted by molar-refractivity contribution is 0.0711. The van der Waals surface area contributed by atoms with Crippen molar-refractivity contribution >= 4 is 5.91 Å². The smallest absolute Gasteiger partial charge is 0.276 e. The highest BCUT2D eigenvalue weighted by atomic mass is 16.3. The summed E-state index contributed by atoms with van der Waals surface area (Å²) < 4.78 is 5.27. The van der Waals surface area contributed by atoms with Crippen molar-refractivity contribution in [1.82, 2.24) is 20.3 Å². The summed E-state index contributed by atoms with van der Waals surface area (Å²) in [6.45, 7) is 0.489. The molecule has 17 heavy (non-hydrogen) atoms. The molecule has 0 unspecified atom stereocenters. The van der Waals surface area contributed by atoms with Crippen LogP contribution in [0.3, 0.4) is 0 Å². The number of nitrogens with zero attached hydrogens (tertiary/aromatic N) is 3. The molecule has 6 heteroatoms. The number of furan rings is 1. The summed E-state index contributed by atoms with van der Waals surface area (Å²) in [6, 6.07) is 4.00. The molecular formula is C11H12N4O2. The number of rotatable bonds is 4. The number of amides is 1. The maximum Gasteiger partial charge on any atom is 0.276 e. The molecule has 1 amide bonds. The largest absolute Gasteiger partial charge is 0.467 e. The van der Waals surface area contributed by atoms with Crippen LogP contribution in [0.4, 0.5) is 0 Å². The van der Waals surface area contributed by atoms with Gasteiger partial charge in [-0.25, -0.2) is 0 Å². The molecule has 1 aliphatic rings. The maximum atomic E-state index is 12.2.